The van der Waals surface area contributed by atoms with Gasteiger partial charge in [0, 0.05) is 30.6 Å². The number of halogens is 1. The number of piperidine rings is 1. The van der Waals surface area contributed by atoms with Crippen molar-refractivity contribution in [2.75, 3.05) is 18.0 Å². The lowest BCUT2D eigenvalue weighted by atomic mass is 9.88. The molecule has 0 atom stereocenters. The van der Waals surface area contributed by atoms with Gasteiger partial charge in [-0.3, -0.25) is 14.9 Å². The van der Waals surface area contributed by atoms with Gasteiger partial charge in [0.05, 0.1) is 4.92 Å². The first-order valence-corrected chi connectivity index (χ1v) is 7.84. The van der Waals surface area contributed by atoms with Crippen molar-refractivity contribution in [2.45, 2.75) is 12.8 Å². The molecule has 0 unspecified atom stereocenters. The van der Waals surface area contributed by atoms with Crippen LogP contribution in [0.4, 0.5) is 15.8 Å². The van der Waals surface area contributed by atoms with Crippen molar-refractivity contribution >= 4 is 17.2 Å². The van der Waals surface area contributed by atoms with Gasteiger partial charge in [0.1, 0.15) is 11.5 Å². The van der Waals surface area contributed by atoms with Crippen molar-refractivity contribution < 1.29 is 14.1 Å². The van der Waals surface area contributed by atoms with Gasteiger partial charge in [-0.1, -0.05) is 12.1 Å². The highest BCUT2D eigenvalue weighted by Gasteiger charge is 2.28. The van der Waals surface area contributed by atoms with Crippen LogP contribution in [-0.2, 0) is 0 Å². The summed E-state index contributed by atoms with van der Waals surface area (Å²) in [6.45, 7) is 1.17. The van der Waals surface area contributed by atoms with Crippen LogP contribution in [0.25, 0.3) is 0 Å². The van der Waals surface area contributed by atoms with Gasteiger partial charge in [-0.25, -0.2) is 4.39 Å². The highest BCUT2D eigenvalue weighted by atomic mass is 19.1. The number of carbonyl (C=O) groups excluding carboxylic acids is 1. The largest absolute Gasteiger partial charge is 0.366 e. The quantitative estimate of drug-likeness (QED) is 0.486. The number of nitro groups is 1. The number of rotatable bonds is 4. The summed E-state index contributed by atoms with van der Waals surface area (Å²) in [6.07, 6.45) is 1.25. The Hall–Kier alpha value is -2.76. The number of hydrogen-bond acceptors (Lipinski definition) is 4. The zero-order valence-electron chi connectivity index (χ0n) is 13.0. The highest BCUT2D eigenvalue weighted by Crippen LogP contribution is 2.32. The molecule has 5 nitrogen and oxygen atoms in total. The van der Waals surface area contributed by atoms with Crippen molar-refractivity contribution in [3.05, 3.63) is 70.0 Å². The van der Waals surface area contributed by atoms with Crippen LogP contribution < -0.4 is 4.90 Å². The molecular formula is C18H17FN2O3. The van der Waals surface area contributed by atoms with E-state index >= 15 is 0 Å². The van der Waals surface area contributed by atoms with E-state index in [0.717, 1.165) is 0 Å². The zero-order chi connectivity index (χ0) is 17.1. The molecule has 0 bridgehead atoms. The Balaban J connectivity index is 1.69. The van der Waals surface area contributed by atoms with Crippen LogP contribution in [-0.4, -0.2) is 23.8 Å². The summed E-state index contributed by atoms with van der Waals surface area (Å²) in [6, 6.07) is 12.2. The molecule has 0 aliphatic carbocycles. The van der Waals surface area contributed by atoms with Crippen LogP contribution in [0.15, 0.2) is 48.5 Å². The Labute approximate surface area is 138 Å². The molecular weight excluding hydrogens is 311 g/mol. The molecule has 0 N–H and O–H groups in total. The van der Waals surface area contributed by atoms with Crippen LogP contribution in [0.1, 0.15) is 23.2 Å². The monoisotopic (exact) mass is 328 g/mol. The van der Waals surface area contributed by atoms with Gasteiger partial charge in [0.15, 0.2) is 5.78 Å². The summed E-state index contributed by atoms with van der Waals surface area (Å²) in [5.74, 6) is -0.482. The van der Waals surface area contributed by atoms with Gasteiger partial charge in [0.2, 0.25) is 0 Å². The first kappa shape index (κ1) is 16.1. The second-order valence-corrected chi connectivity index (χ2v) is 5.88. The van der Waals surface area contributed by atoms with Gasteiger partial charge < -0.3 is 4.90 Å². The van der Waals surface area contributed by atoms with Crippen LogP contribution in [0.5, 0.6) is 0 Å². The third kappa shape index (κ3) is 3.27. The second-order valence-electron chi connectivity index (χ2n) is 5.88. The lowest BCUT2D eigenvalue weighted by Crippen LogP contribution is -2.36. The Morgan fingerprint density at radius 3 is 2.33 bits per heavy atom. The highest BCUT2D eigenvalue weighted by molar-refractivity contribution is 5.98. The fourth-order valence-corrected chi connectivity index (χ4v) is 3.12. The van der Waals surface area contributed by atoms with E-state index in [4.69, 9.17) is 0 Å². The zero-order valence-corrected chi connectivity index (χ0v) is 13.0. The second kappa shape index (κ2) is 6.78. The van der Waals surface area contributed by atoms with Crippen molar-refractivity contribution in [1.82, 2.24) is 0 Å². The van der Waals surface area contributed by atoms with Gasteiger partial charge in [-0.15, -0.1) is 0 Å². The Kier molecular flexibility index (Phi) is 4.55. The van der Waals surface area contributed by atoms with E-state index in [1.165, 1.54) is 30.3 Å². The molecule has 1 heterocycles. The molecule has 1 aliphatic rings. The van der Waals surface area contributed by atoms with E-state index in [9.17, 15) is 19.3 Å². The molecule has 0 aromatic heterocycles. The van der Waals surface area contributed by atoms with E-state index in [2.05, 4.69) is 0 Å². The number of ketones is 1. The van der Waals surface area contributed by atoms with Crippen LogP contribution in [0.3, 0.4) is 0 Å². The molecule has 124 valence electrons. The molecule has 24 heavy (non-hydrogen) atoms. The van der Waals surface area contributed by atoms with Gasteiger partial charge in [0.25, 0.3) is 5.69 Å². The molecule has 6 heteroatoms. The first-order valence-electron chi connectivity index (χ1n) is 7.84. The average molecular weight is 328 g/mol. The minimum atomic E-state index is -0.384. The number of carbonyl (C=O) groups is 1. The predicted molar refractivity (Wildman–Crippen MR) is 88.8 cm³/mol. The molecule has 1 saturated heterocycles. The topological polar surface area (TPSA) is 63.5 Å². The van der Waals surface area contributed by atoms with Crippen LogP contribution >= 0.6 is 0 Å². The van der Waals surface area contributed by atoms with Crippen molar-refractivity contribution in [3.8, 4) is 0 Å². The molecule has 2 aromatic rings. The minimum absolute atomic E-state index is 0.0113. The first-order chi connectivity index (χ1) is 11.6. The SMILES string of the molecule is O=C(c1ccc(F)cc1)C1CCN(c2ccccc2[N+](=O)[O-])CC1. The van der Waals surface area contributed by atoms with Gasteiger partial charge >= 0.3 is 0 Å². The molecule has 0 amide bonds. The molecule has 0 saturated carbocycles. The number of hydrogen-bond donors (Lipinski definition) is 0. The fourth-order valence-electron chi connectivity index (χ4n) is 3.12. The number of benzene rings is 2. The number of anilines is 1. The fraction of sp³-hybridized carbons (Fsp3) is 0.278. The number of Topliss-reactive ketones (excluding diaryl/α,β-unsaturated/α-hetero) is 1. The van der Waals surface area contributed by atoms with Crippen LogP contribution in [0.2, 0.25) is 0 Å². The Morgan fingerprint density at radius 2 is 1.71 bits per heavy atom. The van der Waals surface area contributed by atoms with Crippen molar-refractivity contribution in [1.29, 1.82) is 0 Å². The van der Waals surface area contributed by atoms with Gasteiger partial charge in [-0.05, 0) is 43.2 Å². The summed E-state index contributed by atoms with van der Waals surface area (Å²) in [5.41, 5.74) is 1.19. The summed E-state index contributed by atoms with van der Waals surface area (Å²) in [5, 5.41) is 11.1. The molecule has 2 aromatic carbocycles. The maximum atomic E-state index is 13.0. The Morgan fingerprint density at radius 1 is 1.08 bits per heavy atom. The number of para-hydroxylation sites is 2. The molecule has 3 rings (SSSR count). The lowest BCUT2D eigenvalue weighted by molar-refractivity contribution is -0.384. The minimum Gasteiger partial charge on any atom is -0.366 e. The summed E-state index contributed by atoms with van der Waals surface area (Å²) >= 11 is 0. The predicted octanol–water partition coefficient (Wildman–Crippen LogP) is 3.83. The van der Waals surface area contributed by atoms with Crippen molar-refractivity contribution in [3.63, 3.8) is 0 Å². The van der Waals surface area contributed by atoms with Crippen molar-refractivity contribution in [2.24, 2.45) is 5.92 Å². The van der Waals surface area contributed by atoms with E-state index in [-0.39, 0.29) is 28.1 Å². The van der Waals surface area contributed by atoms with E-state index < -0.39 is 0 Å². The van der Waals surface area contributed by atoms with E-state index in [1.807, 2.05) is 4.90 Å². The number of nitrogens with zero attached hydrogens (tertiary/aromatic N) is 2. The molecule has 0 spiro atoms. The van der Waals surface area contributed by atoms with Gasteiger partial charge in [-0.2, -0.15) is 0 Å². The normalized spacial score (nSPS) is 15.3. The third-order valence-corrected chi connectivity index (χ3v) is 4.41. The number of nitro benzene ring substituents is 1. The standard InChI is InChI=1S/C18H17FN2O3/c19-15-7-5-13(6-8-15)18(22)14-9-11-20(12-10-14)16-3-1-2-4-17(16)21(23)24/h1-8,14H,9-12H2. The van der Waals surface area contributed by atoms with Crippen LogP contribution in [0, 0.1) is 21.8 Å². The molecule has 0 radical (unpaired) electrons. The van der Waals surface area contributed by atoms with E-state index in [0.29, 0.717) is 37.2 Å². The summed E-state index contributed by atoms with van der Waals surface area (Å²) < 4.78 is 13.0. The smallest absolute Gasteiger partial charge is 0.292 e. The maximum Gasteiger partial charge on any atom is 0.292 e. The summed E-state index contributed by atoms with van der Waals surface area (Å²) in [7, 11) is 0. The molecule has 1 aliphatic heterocycles. The average Bonchev–Trinajstić information content (AvgIpc) is 2.62. The summed E-state index contributed by atoms with van der Waals surface area (Å²) in [4.78, 5) is 25.2. The lowest BCUT2D eigenvalue weighted by Gasteiger charge is -2.32. The van der Waals surface area contributed by atoms with E-state index in [1.54, 1.807) is 18.2 Å². The third-order valence-electron chi connectivity index (χ3n) is 4.41. The molecule has 1 fully saturated rings. The Bertz CT molecular complexity index is 753. The maximum absolute atomic E-state index is 13.0.